The van der Waals surface area contributed by atoms with E-state index in [0.717, 1.165) is 6.07 Å². The average Bonchev–Trinajstić information content (AvgIpc) is 3.15. The Morgan fingerprint density at radius 3 is 2.47 bits per heavy atom. The molecule has 15 heteroatoms. The van der Waals surface area contributed by atoms with Gasteiger partial charge in [0.25, 0.3) is 5.91 Å². The number of ether oxygens (including phenoxy) is 1. The molecular weight excluding hydrogens is 517 g/mol. The Bertz CT molecular complexity index is 1400. The number of nitrogens with one attached hydrogen (secondary N) is 2. The van der Waals surface area contributed by atoms with Crippen LogP contribution in [0, 0.1) is 17.2 Å². The normalized spacial score (nSPS) is 22.6. The Labute approximate surface area is 211 Å². The third-order valence-electron chi connectivity index (χ3n) is 6.88. The van der Waals surface area contributed by atoms with Crippen molar-refractivity contribution < 1.29 is 36.3 Å². The first-order valence-electron chi connectivity index (χ1n) is 11.4. The minimum atomic E-state index is -4.28. The molecule has 6 rings (SSSR count). The Morgan fingerprint density at radius 1 is 1.13 bits per heavy atom. The summed E-state index contributed by atoms with van der Waals surface area (Å²) in [6.07, 6.45) is -4.94. The highest BCUT2D eigenvalue weighted by atomic mass is 19.4. The first kappa shape index (κ1) is 25.5. The molecule has 2 N–H and O–H groups in total. The van der Waals surface area contributed by atoms with E-state index in [4.69, 9.17) is 4.74 Å². The van der Waals surface area contributed by atoms with Crippen LogP contribution in [0.4, 0.5) is 32.6 Å². The molecule has 0 unspecified atom stereocenters. The fraction of sp³-hybridized carbons (Fsp3) is 0.391. The predicted molar refractivity (Wildman–Crippen MR) is 119 cm³/mol. The van der Waals surface area contributed by atoms with Crippen LogP contribution in [0.1, 0.15) is 48.2 Å². The lowest BCUT2D eigenvalue weighted by molar-refractivity contribution is -0.336. The summed E-state index contributed by atoms with van der Waals surface area (Å²) in [5.74, 6) is -2.27. The number of halogens is 5. The number of nitrogens with zero attached hydrogens (tertiary/aromatic N) is 5. The van der Waals surface area contributed by atoms with Crippen molar-refractivity contribution in [2.75, 3.05) is 5.32 Å². The molecule has 3 saturated carbocycles. The molecule has 3 aliphatic carbocycles. The van der Waals surface area contributed by atoms with E-state index in [0.29, 0.717) is 6.20 Å². The number of alkyl halides is 3. The van der Waals surface area contributed by atoms with Gasteiger partial charge in [-0.3, -0.25) is 15.1 Å². The second kappa shape index (κ2) is 8.70. The molecule has 200 valence electrons. The van der Waals surface area contributed by atoms with Crippen molar-refractivity contribution >= 4 is 17.8 Å². The predicted octanol–water partition coefficient (Wildman–Crippen LogP) is 4.07. The summed E-state index contributed by atoms with van der Waals surface area (Å²) in [5, 5.41) is 12.9. The molecule has 3 aromatic rings. The highest BCUT2D eigenvalue weighted by molar-refractivity contribution is 5.95. The lowest BCUT2D eigenvalue weighted by Gasteiger charge is -2.70. The van der Waals surface area contributed by atoms with Crippen molar-refractivity contribution in [2.45, 2.75) is 44.0 Å². The van der Waals surface area contributed by atoms with Gasteiger partial charge >= 0.3 is 12.3 Å². The molecule has 1 atom stereocenters. The summed E-state index contributed by atoms with van der Waals surface area (Å²) >= 11 is 0. The number of pyridine rings is 2. The van der Waals surface area contributed by atoms with Gasteiger partial charge in [-0.25, -0.2) is 18.9 Å². The van der Waals surface area contributed by atoms with E-state index < -0.39 is 47.0 Å². The van der Waals surface area contributed by atoms with Crippen molar-refractivity contribution in [3.05, 3.63) is 53.5 Å². The lowest BCUT2D eigenvalue weighted by Crippen LogP contribution is -2.78. The first-order chi connectivity index (χ1) is 17.8. The average molecular weight is 537 g/mol. The maximum atomic E-state index is 13.9. The molecule has 0 aromatic carbocycles. The molecule has 3 aromatic heterocycles. The Kier molecular flexibility index (Phi) is 5.83. The van der Waals surface area contributed by atoms with Crippen LogP contribution in [0.2, 0.25) is 0 Å². The smallest absolute Gasteiger partial charge is 0.413 e. The number of anilines is 1. The molecule has 0 saturated heterocycles. The van der Waals surface area contributed by atoms with E-state index in [1.165, 1.54) is 37.0 Å². The third-order valence-corrected chi connectivity index (χ3v) is 6.88. The molecule has 10 nitrogen and oxygen atoms in total. The van der Waals surface area contributed by atoms with E-state index in [1.807, 2.05) is 0 Å². The van der Waals surface area contributed by atoms with Crippen molar-refractivity contribution in [2.24, 2.45) is 12.5 Å². The first-order valence-corrected chi connectivity index (χ1v) is 11.4. The van der Waals surface area contributed by atoms with Gasteiger partial charge in [0.1, 0.15) is 11.9 Å². The number of amides is 2. The van der Waals surface area contributed by atoms with Gasteiger partial charge < -0.3 is 10.1 Å². The molecule has 3 aliphatic rings. The van der Waals surface area contributed by atoms with E-state index in [2.05, 4.69) is 30.9 Å². The van der Waals surface area contributed by atoms with Crippen LogP contribution in [0.15, 0.2) is 30.6 Å². The number of aromatic nitrogens is 5. The summed E-state index contributed by atoms with van der Waals surface area (Å²) in [6.45, 7) is 1.34. The van der Waals surface area contributed by atoms with E-state index >= 15 is 0 Å². The summed E-state index contributed by atoms with van der Waals surface area (Å²) in [5.41, 5.74) is -2.30. The van der Waals surface area contributed by atoms with Gasteiger partial charge in [0, 0.05) is 18.8 Å². The lowest BCUT2D eigenvalue weighted by atomic mass is 9.39. The van der Waals surface area contributed by atoms with Crippen LogP contribution in [0.5, 0.6) is 0 Å². The van der Waals surface area contributed by atoms with Crippen LogP contribution in [0.3, 0.4) is 0 Å². The zero-order valence-electron chi connectivity index (χ0n) is 19.9. The summed E-state index contributed by atoms with van der Waals surface area (Å²) in [6, 6.07) is 3.72. The number of hydrogen-bond donors (Lipinski definition) is 2. The molecule has 0 aliphatic heterocycles. The fourth-order valence-corrected chi connectivity index (χ4v) is 4.95. The van der Waals surface area contributed by atoms with Crippen molar-refractivity contribution in [1.82, 2.24) is 30.3 Å². The maximum Gasteiger partial charge on any atom is 0.413 e. The Hall–Kier alpha value is -4.17. The largest absolute Gasteiger partial charge is 0.441 e. The van der Waals surface area contributed by atoms with Gasteiger partial charge in [0.15, 0.2) is 11.5 Å². The van der Waals surface area contributed by atoms with E-state index in [-0.39, 0.29) is 47.6 Å². The van der Waals surface area contributed by atoms with Crippen molar-refractivity contribution in [3.8, 4) is 11.4 Å². The van der Waals surface area contributed by atoms with E-state index in [1.54, 1.807) is 0 Å². The molecule has 2 amide bonds. The number of rotatable bonds is 6. The topological polar surface area (TPSA) is 124 Å². The second-order valence-corrected chi connectivity index (χ2v) is 9.59. The summed E-state index contributed by atoms with van der Waals surface area (Å²) in [7, 11) is 1.48. The van der Waals surface area contributed by atoms with Crippen LogP contribution in [-0.2, 0) is 11.8 Å². The van der Waals surface area contributed by atoms with Gasteiger partial charge in [0.05, 0.1) is 28.4 Å². The van der Waals surface area contributed by atoms with Crippen molar-refractivity contribution in [3.63, 3.8) is 0 Å². The summed E-state index contributed by atoms with van der Waals surface area (Å²) < 4.78 is 72.7. The fourth-order valence-electron chi connectivity index (χ4n) is 4.95. The monoisotopic (exact) mass is 537 g/mol. The Morgan fingerprint density at radius 2 is 1.84 bits per heavy atom. The second-order valence-electron chi connectivity index (χ2n) is 9.59. The van der Waals surface area contributed by atoms with E-state index in [9.17, 15) is 31.5 Å². The number of carbonyl (C=O) groups is 2. The van der Waals surface area contributed by atoms with Crippen LogP contribution in [-0.4, -0.2) is 48.7 Å². The standard InChI is InChI=1S/C23H20F5N7O3/c1-11(14-5-13(24)7-30-17(14)25)38-20(37)31-18-16(33-34-35(18)2)15-4-3-12(6-29-15)19(36)32-22-8-21(9-22,10-22)23(26,27)28/h3-7,11H,8-10H2,1-2H3,(H,31,37)(H,32,36)/t11-,21?,22?/m1/s1. The Balaban J connectivity index is 1.23. The zero-order valence-corrected chi connectivity index (χ0v) is 19.9. The molecule has 0 radical (unpaired) electrons. The van der Waals surface area contributed by atoms with Gasteiger partial charge in [-0.15, -0.1) is 5.10 Å². The maximum absolute atomic E-state index is 13.9. The van der Waals surface area contributed by atoms with Crippen LogP contribution >= 0.6 is 0 Å². The molecule has 38 heavy (non-hydrogen) atoms. The van der Waals surface area contributed by atoms with Crippen LogP contribution < -0.4 is 10.6 Å². The molecule has 0 spiro atoms. The number of hydrogen-bond acceptors (Lipinski definition) is 7. The quantitative estimate of drug-likeness (QED) is 0.359. The van der Waals surface area contributed by atoms with Crippen LogP contribution in [0.25, 0.3) is 11.4 Å². The SMILES string of the molecule is C[C@@H](OC(=O)Nc1c(-c2ccc(C(=O)NC34CC(C(F)(F)F)(C3)C4)cn2)nnn1C)c1cc(F)cnc1F. The molecule has 2 bridgehead atoms. The summed E-state index contributed by atoms with van der Waals surface area (Å²) in [4.78, 5) is 32.4. The van der Waals surface area contributed by atoms with Gasteiger partial charge in [-0.2, -0.15) is 17.6 Å². The third kappa shape index (κ3) is 4.31. The zero-order chi connectivity index (χ0) is 27.5. The highest BCUT2D eigenvalue weighted by Gasteiger charge is 2.79. The number of carbonyl (C=O) groups excluding carboxylic acids is 2. The molecule has 3 fully saturated rings. The van der Waals surface area contributed by atoms with Gasteiger partial charge in [0.2, 0.25) is 5.95 Å². The molecule has 3 heterocycles. The van der Waals surface area contributed by atoms with Crippen molar-refractivity contribution in [1.29, 1.82) is 0 Å². The van der Waals surface area contributed by atoms with Gasteiger partial charge in [-0.1, -0.05) is 5.21 Å². The minimum absolute atomic E-state index is 0.0658. The number of aryl methyl sites for hydroxylation is 1. The molecular formula is C23H20F5N7O3. The minimum Gasteiger partial charge on any atom is -0.441 e. The van der Waals surface area contributed by atoms with Gasteiger partial charge in [-0.05, 0) is 44.4 Å². The highest BCUT2D eigenvalue weighted by Crippen LogP contribution is 2.73.